The molecular formula is C14H22N4O. The highest BCUT2D eigenvalue weighted by molar-refractivity contribution is 5.76. The maximum absolute atomic E-state index is 12.0. The summed E-state index contributed by atoms with van der Waals surface area (Å²) in [6, 6.07) is 0. The van der Waals surface area contributed by atoms with E-state index in [4.69, 9.17) is 0 Å². The lowest BCUT2D eigenvalue weighted by Gasteiger charge is -2.28. The number of aryl methyl sites for hydroxylation is 1. The topological polar surface area (TPSA) is 51.0 Å². The van der Waals surface area contributed by atoms with E-state index in [2.05, 4.69) is 10.2 Å². The fourth-order valence-corrected chi connectivity index (χ4v) is 3.93. The van der Waals surface area contributed by atoms with Gasteiger partial charge in [-0.1, -0.05) is 19.8 Å². The van der Waals surface area contributed by atoms with Gasteiger partial charge in [-0.2, -0.15) is 0 Å². The molecule has 1 aliphatic carbocycles. The standard InChI is InChI=1S/C14H22N4O/c1-3-12(19)18-8-11(13-16-15-10-17(13)2)14(9-18)6-4-5-7-14/h10-11H,3-9H2,1-2H3. The predicted octanol–water partition coefficient (Wildman–Crippen LogP) is 1.71. The van der Waals surface area contributed by atoms with Gasteiger partial charge < -0.3 is 9.47 Å². The lowest BCUT2D eigenvalue weighted by Crippen LogP contribution is -2.30. The largest absolute Gasteiger partial charge is 0.341 e. The molecule has 1 spiro atoms. The molecule has 2 fully saturated rings. The monoisotopic (exact) mass is 262 g/mol. The van der Waals surface area contributed by atoms with E-state index in [1.807, 2.05) is 23.4 Å². The Labute approximate surface area is 114 Å². The molecule has 1 saturated carbocycles. The Balaban J connectivity index is 1.92. The first-order chi connectivity index (χ1) is 9.16. The van der Waals surface area contributed by atoms with Gasteiger partial charge in [-0.3, -0.25) is 4.79 Å². The summed E-state index contributed by atoms with van der Waals surface area (Å²) in [6.07, 6.45) is 7.37. The Hall–Kier alpha value is -1.39. The molecule has 19 heavy (non-hydrogen) atoms. The van der Waals surface area contributed by atoms with E-state index in [0.717, 1.165) is 18.9 Å². The molecule has 2 aliphatic rings. The van der Waals surface area contributed by atoms with Crippen molar-refractivity contribution in [1.82, 2.24) is 19.7 Å². The quantitative estimate of drug-likeness (QED) is 0.815. The minimum absolute atomic E-state index is 0.256. The van der Waals surface area contributed by atoms with Crippen molar-refractivity contribution in [2.24, 2.45) is 12.5 Å². The van der Waals surface area contributed by atoms with Gasteiger partial charge in [0.15, 0.2) is 0 Å². The molecule has 104 valence electrons. The third kappa shape index (κ3) is 1.95. The molecule has 1 unspecified atom stereocenters. The van der Waals surface area contributed by atoms with Gasteiger partial charge in [0, 0.05) is 32.5 Å². The third-order valence-electron chi connectivity index (χ3n) is 4.96. The van der Waals surface area contributed by atoms with Crippen LogP contribution in [0.5, 0.6) is 0 Å². The Morgan fingerprint density at radius 1 is 1.47 bits per heavy atom. The highest BCUT2D eigenvalue weighted by atomic mass is 16.2. The predicted molar refractivity (Wildman–Crippen MR) is 71.5 cm³/mol. The van der Waals surface area contributed by atoms with Crippen molar-refractivity contribution in [3.05, 3.63) is 12.2 Å². The maximum atomic E-state index is 12.0. The van der Waals surface area contributed by atoms with Crippen molar-refractivity contribution < 1.29 is 4.79 Å². The second-order valence-corrected chi connectivity index (χ2v) is 6.05. The Kier molecular flexibility index (Phi) is 3.07. The van der Waals surface area contributed by atoms with Crippen molar-refractivity contribution >= 4 is 5.91 Å². The van der Waals surface area contributed by atoms with Gasteiger partial charge in [0.25, 0.3) is 0 Å². The van der Waals surface area contributed by atoms with Crippen molar-refractivity contribution in [2.45, 2.75) is 44.9 Å². The van der Waals surface area contributed by atoms with Crippen LogP contribution in [0, 0.1) is 5.41 Å². The summed E-state index contributed by atoms with van der Waals surface area (Å²) in [5.74, 6) is 1.68. The molecular weight excluding hydrogens is 240 g/mol. The second-order valence-electron chi connectivity index (χ2n) is 6.05. The number of aromatic nitrogens is 3. The van der Waals surface area contributed by atoms with Crippen LogP contribution in [0.25, 0.3) is 0 Å². The van der Waals surface area contributed by atoms with Crippen LogP contribution in [0.15, 0.2) is 6.33 Å². The van der Waals surface area contributed by atoms with Gasteiger partial charge >= 0.3 is 0 Å². The molecule has 1 saturated heterocycles. The van der Waals surface area contributed by atoms with Gasteiger partial charge in [0.05, 0.1) is 0 Å². The lowest BCUT2D eigenvalue weighted by atomic mass is 9.76. The molecule has 0 N–H and O–H groups in total. The number of likely N-dealkylation sites (tertiary alicyclic amines) is 1. The molecule has 1 atom stereocenters. The summed E-state index contributed by atoms with van der Waals surface area (Å²) in [4.78, 5) is 14.1. The Morgan fingerprint density at radius 2 is 2.21 bits per heavy atom. The first kappa shape index (κ1) is 12.6. The first-order valence-electron chi connectivity index (χ1n) is 7.28. The first-order valence-corrected chi connectivity index (χ1v) is 7.28. The van der Waals surface area contributed by atoms with E-state index in [0.29, 0.717) is 12.3 Å². The van der Waals surface area contributed by atoms with Gasteiger partial charge in [-0.25, -0.2) is 0 Å². The molecule has 1 aromatic heterocycles. The van der Waals surface area contributed by atoms with Crippen molar-refractivity contribution in [3.63, 3.8) is 0 Å². The molecule has 5 heteroatoms. The number of amides is 1. The zero-order chi connectivity index (χ0) is 13.5. The number of carbonyl (C=O) groups excluding carboxylic acids is 1. The zero-order valence-electron chi connectivity index (χ0n) is 11.8. The molecule has 0 bridgehead atoms. The summed E-state index contributed by atoms with van der Waals surface area (Å²) in [7, 11) is 2.00. The molecule has 1 aliphatic heterocycles. The molecule has 0 aromatic carbocycles. The van der Waals surface area contributed by atoms with Crippen LogP contribution in [0.4, 0.5) is 0 Å². The van der Waals surface area contributed by atoms with Gasteiger partial charge in [0.1, 0.15) is 12.2 Å². The van der Waals surface area contributed by atoms with Gasteiger partial charge in [-0.05, 0) is 18.3 Å². The van der Waals surface area contributed by atoms with E-state index >= 15 is 0 Å². The summed E-state index contributed by atoms with van der Waals surface area (Å²) >= 11 is 0. The van der Waals surface area contributed by atoms with E-state index in [1.165, 1.54) is 25.7 Å². The molecule has 1 amide bonds. The van der Waals surface area contributed by atoms with Crippen molar-refractivity contribution in [1.29, 1.82) is 0 Å². The van der Waals surface area contributed by atoms with Crippen LogP contribution < -0.4 is 0 Å². The van der Waals surface area contributed by atoms with Crippen molar-refractivity contribution in [3.8, 4) is 0 Å². The summed E-state index contributed by atoms with van der Waals surface area (Å²) in [5, 5.41) is 8.33. The van der Waals surface area contributed by atoms with Crippen LogP contribution in [-0.4, -0.2) is 38.7 Å². The average molecular weight is 262 g/mol. The fourth-order valence-electron chi connectivity index (χ4n) is 3.93. The molecule has 2 heterocycles. The number of hydrogen-bond donors (Lipinski definition) is 0. The lowest BCUT2D eigenvalue weighted by molar-refractivity contribution is -0.130. The highest BCUT2D eigenvalue weighted by Crippen LogP contribution is 2.52. The summed E-state index contributed by atoms with van der Waals surface area (Å²) < 4.78 is 2.02. The molecule has 3 rings (SSSR count). The molecule has 0 radical (unpaired) electrons. The summed E-state index contributed by atoms with van der Waals surface area (Å²) in [5.41, 5.74) is 0.256. The van der Waals surface area contributed by atoms with Crippen LogP contribution in [0.3, 0.4) is 0 Å². The van der Waals surface area contributed by atoms with Crippen LogP contribution in [0.2, 0.25) is 0 Å². The number of rotatable bonds is 2. The van der Waals surface area contributed by atoms with E-state index in [1.54, 1.807) is 6.33 Å². The summed E-state index contributed by atoms with van der Waals surface area (Å²) in [6.45, 7) is 3.68. The highest BCUT2D eigenvalue weighted by Gasteiger charge is 2.51. The molecule has 5 nitrogen and oxygen atoms in total. The van der Waals surface area contributed by atoms with Gasteiger partial charge in [-0.15, -0.1) is 10.2 Å². The van der Waals surface area contributed by atoms with Crippen LogP contribution in [0.1, 0.15) is 50.8 Å². The SMILES string of the molecule is CCC(=O)N1CC(c2nncn2C)C2(CCCC2)C1. The number of nitrogens with zero attached hydrogens (tertiary/aromatic N) is 4. The third-order valence-corrected chi connectivity index (χ3v) is 4.96. The maximum Gasteiger partial charge on any atom is 0.222 e. The van der Waals surface area contributed by atoms with E-state index in [-0.39, 0.29) is 11.3 Å². The van der Waals surface area contributed by atoms with E-state index < -0.39 is 0 Å². The van der Waals surface area contributed by atoms with Crippen LogP contribution in [-0.2, 0) is 11.8 Å². The zero-order valence-corrected chi connectivity index (χ0v) is 11.8. The number of hydrogen-bond acceptors (Lipinski definition) is 3. The van der Waals surface area contributed by atoms with Gasteiger partial charge in [0.2, 0.25) is 5.91 Å². The second kappa shape index (κ2) is 4.62. The van der Waals surface area contributed by atoms with E-state index in [9.17, 15) is 4.79 Å². The minimum atomic E-state index is 0.256. The molecule has 1 aromatic rings. The minimum Gasteiger partial charge on any atom is -0.341 e. The van der Waals surface area contributed by atoms with Crippen molar-refractivity contribution in [2.75, 3.05) is 13.1 Å². The average Bonchev–Trinajstić information content (AvgIpc) is 3.11. The fraction of sp³-hybridized carbons (Fsp3) is 0.786. The Bertz CT molecular complexity index is 476. The Morgan fingerprint density at radius 3 is 2.79 bits per heavy atom. The normalized spacial score (nSPS) is 25.4. The number of carbonyl (C=O) groups is 1. The van der Waals surface area contributed by atoms with Crippen LogP contribution >= 0.6 is 0 Å². The smallest absolute Gasteiger partial charge is 0.222 e.